The number of nitro groups is 1. The first-order chi connectivity index (χ1) is 5.94. The number of hydrogen-bond donors (Lipinski definition) is 0. The van der Waals surface area contributed by atoms with Crippen molar-refractivity contribution in [2.24, 2.45) is 7.05 Å². The van der Waals surface area contributed by atoms with Gasteiger partial charge in [-0.3, -0.25) is 10.1 Å². The SMILES string of the molecule is C[n+]1ccnc(C(C)(C)[N+](=O)[O-])c1. The summed E-state index contributed by atoms with van der Waals surface area (Å²) in [4.78, 5) is 14.3. The number of nitrogens with zero attached hydrogens (tertiary/aromatic N) is 3. The van der Waals surface area contributed by atoms with Crippen LogP contribution in [0.15, 0.2) is 18.6 Å². The average molecular weight is 182 g/mol. The van der Waals surface area contributed by atoms with Gasteiger partial charge in [-0.1, -0.05) is 0 Å². The third-order valence-corrected chi connectivity index (χ3v) is 1.92. The molecule has 0 amide bonds. The predicted octanol–water partition coefficient (Wildman–Crippen LogP) is 0.418. The van der Waals surface area contributed by atoms with Gasteiger partial charge in [0.15, 0.2) is 18.1 Å². The van der Waals surface area contributed by atoms with E-state index >= 15 is 0 Å². The van der Waals surface area contributed by atoms with Gasteiger partial charge < -0.3 is 0 Å². The quantitative estimate of drug-likeness (QED) is 0.378. The molecule has 0 N–H and O–H groups in total. The van der Waals surface area contributed by atoms with Gasteiger partial charge in [-0.15, -0.1) is 0 Å². The largest absolute Gasteiger partial charge is 0.264 e. The van der Waals surface area contributed by atoms with Crippen LogP contribution < -0.4 is 4.57 Å². The Hall–Kier alpha value is -1.52. The van der Waals surface area contributed by atoms with Crippen molar-refractivity contribution in [3.05, 3.63) is 34.4 Å². The van der Waals surface area contributed by atoms with Gasteiger partial charge in [-0.2, -0.15) is 0 Å². The first-order valence-electron chi connectivity index (χ1n) is 3.91. The molecule has 1 aromatic rings. The fraction of sp³-hybridized carbons (Fsp3) is 0.500. The van der Waals surface area contributed by atoms with Crippen molar-refractivity contribution < 1.29 is 9.49 Å². The second kappa shape index (κ2) is 3.08. The molecular formula is C8H12N3O2+. The Morgan fingerprint density at radius 1 is 1.62 bits per heavy atom. The Labute approximate surface area is 76.2 Å². The van der Waals surface area contributed by atoms with Crippen molar-refractivity contribution in [1.29, 1.82) is 0 Å². The Morgan fingerprint density at radius 2 is 2.23 bits per heavy atom. The molecule has 0 aliphatic heterocycles. The molecule has 5 heteroatoms. The van der Waals surface area contributed by atoms with Crippen LogP contribution in [-0.2, 0) is 12.6 Å². The average Bonchev–Trinajstić information content (AvgIpc) is 2.04. The predicted molar refractivity (Wildman–Crippen MR) is 45.4 cm³/mol. The van der Waals surface area contributed by atoms with Crippen LogP contribution in [0.2, 0.25) is 0 Å². The third kappa shape index (κ3) is 1.80. The molecule has 1 aromatic heterocycles. The van der Waals surface area contributed by atoms with Crippen molar-refractivity contribution in [2.75, 3.05) is 0 Å². The van der Waals surface area contributed by atoms with Crippen LogP contribution in [0.3, 0.4) is 0 Å². The number of rotatable bonds is 2. The Kier molecular flexibility index (Phi) is 2.27. The summed E-state index contributed by atoms with van der Waals surface area (Å²) < 4.78 is 1.74. The van der Waals surface area contributed by atoms with Gasteiger partial charge in [0.25, 0.3) is 5.54 Å². The highest BCUT2D eigenvalue weighted by atomic mass is 16.6. The molecule has 0 saturated carbocycles. The summed E-state index contributed by atoms with van der Waals surface area (Å²) in [5, 5.41) is 10.7. The minimum Gasteiger partial charge on any atom is -0.264 e. The molecule has 0 bridgehead atoms. The van der Waals surface area contributed by atoms with Crippen LogP contribution in [-0.4, -0.2) is 9.91 Å². The zero-order chi connectivity index (χ0) is 10.1. The second-order valence-corrected chi connectivity index (χ2v) is 3.42. The molecular weight excluding hydrogens is 170 g/mol. The molecule has 0 saturated heterocycles. The molecule has 0 atom stereocenters. The summed E-state index contributed by atoms with van der Waals surface area (Å²) >= 11 is 0. The Bertz CT molecular complexity index is 336. The fourth-order valence-corrected chi connectivity index (χ4v) is 0.898. The monoisotopic (exact) mass is 182 g/mol. The maximum atomic E-state index is 10.7. The van der Waals surface area contributed by atoms with E-state index in [1.165, 1.54) is 13.8 Å². The molecule has 0 unspecified atom stereocenters. The van der Waals surface area contributed by atoms with Crippen molar-refractivity contribution in [3.63, 3.8) is 0 Å². The van der Waals surface area contributed by atoms with Crippen molar-refractivity contribution in [2.45, 2.75) is 19.4 Å². The smallest absolute Gasteiger partial charge is 0.264 e. The lowest BCUT2D eigenvalue weighted by molar-refractivity contribution is -0.674. The molecule has 0 fully saturated rings. The molecule has 0 spiro atoms. The van der Waals surface area contributed by atoms with Crippen molar-refractivity contribution >= 4 is 0 Å². The highest BCUT2D eigenvalue weighted by Crippen LogP contribution is 2.19. The Morgan fingerprint density at radius 3 is 2.69 bits per heavy atom. The van der Waals surface area contributed by atoms with E-state index in [0.29, 0.717) is 5.69 Å². The first-order valence-corrected chi connectivity index (χ1v) is 3.91. The summed E-state index contributed by atoms with van der Waals surface area (Å²) in [6.07, 6.45) is 4.95. The van der Waals surface area contributed by atoms with Crippen LogP contribution in [0.1, 0.15) is 19.5 Å². The van der Waals surface area contributed by atoms with E-state index in [9.17, 15) is 10.1 Å². The standard InChI is InChI=1S/C8H12N3O2/c1-8(2,11(12)13)7-6-10(3)5-4-9-7/h4-6H,1-3H3/q+1. The topological polar surface area (TPSA) is 59.9 Å². The lowest BCUT2D eigenvalue weighted by Crippen LogP contribution is -2.35. The summed E-state index contributed by atoms with van der Waals surface area (Å²) in [6, 6.07) is 0. The molecule has 70 valence electrons. The second-order valence-electron chi connectivity index (χ2n) is 3.42. The van der Waals surface area contributed by atoms with Gasteiger partial charge in [0.1, 0.15) is 7.05 Å². The van der Waals surface area contributed by atoms with E-state index in [-0.39, 0.29) is 4.92 Å². The highest BCUT2D eigenvalue weighted by molar-refractivity contribution is 5.01. The van der Waals surface area contributed by atoms with E-state index in [4.69, 9.17) is 0 Å². The van der Waals surface area contributed by atoms with Crippen LogP contribution in [0.25, 0.3) is 0 Å². The summed E-state index contributed by atoms with van der Waals surface area (Å²) in [6.45, 7) is 3.07. The Balaban J connectivity index is 3.14. The zero-order valence-corrected chi connectivity index (χ0v) is 7.89. The highest BCUT2D eigenvalue weighted by Gasteiger charge is 2.36. The molecule has 0 aromatic carbocycles. The minimum absolute atomic E-state index is 0.338. The molecule has 0 radical (unpaired) electrons. The van der Waals surface area contributed by atoms with Crippen LogP contribution in [0.4, 0.5) is 0 Å². The summed E-state index contributed by atoms with van der Waals surface area (Å²) in [5.41, 5.74) is -0.665. The van der Waals surface area contributed by atoms with E-state index in [2.05, 4.69) is 4.98 Å². The lowest BCUT2D eigenvalue weighted by Gasteiger charge is -2.12. The van der Waals surface area contributed by atoms with Gasteiger partial charge in [0.05, 0.1) is 6.20 Å². The number of aryl methyl sites for hydroxylation is 1. The van der Waals surface area contributed by atoms with Crippen molar-refractivity contribution in [1.82, 2.24) is 4.98 Å². The maximum Gasteiger partial charge on any atom is 0.264 e. The van der Waals surface area contributed by atoms with E-state index in [1.54, 1.807) is 30.2 Å². The summed E-state index contributed by atoms with van der Waals surface area (Å²) in [5.74, 6) is 0. The van der Waals surface area contributed by atoms with E-state index in [1.807, 2.05) is 0 Å². The fourth-order valence-electron chi connectivity index (χ4n) is 0.898. The molecule has 1 heterocycles. The molecule has 1 rings (SSSR count). The lowest BCUT2D eigenvalue weighted by atomic mass is 10.0. The molecule has 0 aliphatic carbocycles. The molecule has 5 nitrogen and oxygen atoms in total. The van der Waals surface area contributed by atoms with E-state index < -0.39 is 5.54 Å². The summed E-state index contributed by atoms with van der Waals surface area (Å²) in [7, 11) is 1.81. The van der Waals surface area contributed by atoms with Gasteiger partial charge >= 0.3 is 0 Å². The molecule has 0 aliphatic rings. The van der Waals surface area contributed by atoms with E-state index in [0.717, 1.165) is 0 Å². The number of aromatic nitrogens is 2. The van der Waals surface area contributed by atoms with Gasteiger partial charge in [0, 0.05) is 18.8 Å². The zero-order valence-electron chi connectivity index (χ0n) is 7.89. The minimum atomic E-state index is -1.13. The van der Waals surface area contributed by atoms with Crippen molar-refractivity contribution in [3.8, 4) is 0 Å². The normalized spacial score (nSPS) is 11.3. The maximum absolute atomic E-state index is 10.7. The van der Waals surface area contributed by atoms with Crippen LogP contribution in [0.5, 0.6) is 0 Å². The van der Waals surface area contributed by atoms with Crippen LogP contribution in [0, 0.1) is 10.1 Å². The van der Waals surface area contributed by atoms with Gasteiger partial charge in [-0.05, 0) is 0 Å². The first kappa shape index (κ1) is 9.57. The molecule has 13 heavy (non-hydrogen) atoms. The third-order valence-electron chi connectivity index (χ3n) is 1.92. The van der Waals surface area contributed by atoms with Gasteiger partial charge in [-0.25, -0.2) is 9.55 Å². The number of hydrogen-bond acceptors (Lipinski definition) is 3. The van der Waals surface area contributed by atoms with Gasteiger partial charge in [0.2, 0.25) is 0 Å². The van der Waals surface area contributed by atoms with Crippen LogP contribution >= 0.6 is 0 Å².